The van der Waals surface area contributed by atoms with Crippen molar-refractivity contribution in [3.05, 3.63) is 77.9 Å². The Morgan fingerprint density at radius 2 is 1.62 bits per heavy atom. The van der Waals surface area contributed by atoms with Gasteiger partial charge in [-0.3, -0.25) is 20.4 Å². The molecule has 3 rings (SSSR count). The van der Waals surface area contributed by atoms with Crippen molar-refractivity contribution in [2.45, 2.75) is 19.2 Å². The zero-order chi connectivity index (χ0) is 21.0. The van der Waals surface area contributed by atoms with E-state index in [0.29, 0.717) is 11.8 Å². The fraction of sp³-hybridized carbons (Fsp3) is 0.143. The van der Waals surface area contributed by atoms with Gasteiger partial charge in [0.05, 0.1) is 5.56 Å². The van der Waals surface area contributed by atoms with Crippen LogP contribution in [0.25, 0.3) is 10.8 Å². The minimum atomic E-state index is -4.57. The molecule has 150 valence electrons. The standard InChI is InChI=1S/C21H17F3N2O3/c1-13(29-18-10-9-14-5-2-3-6-15(14)12-18)19(27)25-26-20(28)16-7-4-8-17(11-16)21(22,23)24/h2-13H,1H3,(H,25,27)(H,26,28)/t13-/m0/s1. The molecule has 0 saturated heterocycles. The smallest absolute Gasteiger partial charge is 0.416 e. The SMILES string of the molecule is C[C@H](Oc1ccc2ccccc2c1)C(=O)NNC(=O)c1cccc(C(F)(F)F)c1. The summed E-state index contributed by atoms with van der Waals surface area (Å²) in [7, 11) is 0. The molecule has 0 aliphatic carbocycles. The summed E-state index contributed by atoms with van der Waals surface area (Å²) in [5.41, 5.74) is 3.05. The van der Waals surface area contributed by atoms with Crippen molar-refractivity contribution in [1.82, 2.24) is 10.9 Å². The van der Waals surface area contributed by atoms with Crippen LogP contribution in [0.2, 0.25) is 0 Å². The number of rotatable bonds is 4. The molecule has 29 heavy (non-hydrogen) atoms. The monoisotopic (exact) mass is 402 g/mol. The van der Waals surface area contributed by atoms with E-state index >= 15 is 0 Å². The van der Waals surface area contributed by atoms with Crippen LogP contribution < -0.4 is 15.6 Å². The molecular weight excluding hydrogens is 385 g/mol. The normalized spacial score (nSPS) is 12.3. The van der Waals surface area contributed by atoms with Gasteiger partial charge in [0.25, 0.3) is 11.8 Å². The third kappa shape index (κ3) is 5.04. The van der Waals surface area contributed by atoms with E-state index in [-0.39, 0.29) is 5.56 Å². The lowest BCUT2D eigenvalue weighted by atomic mass is 10.1. The zero-order valence-electron chi connectivity index (χ0n) is 15.3. The van der Waals surface area contributed by atoms with Crippen molar-refractivity contribution >= 4 is 22.6 Å². The molecule has 0 fully saturated rings. The predicted octanol–water partition coefficient (Wildman–Crippen LogP) is 4.09. The number of hydrogen-bond acceptors (Lipinski definition) is 3. The molecule has 0 aliphatic heterocycles. The van der Waals surface area contributed by atoms with Gasteiger partial charge in [-0.25, -0.2) is 0 Å². The van der Waals surface area contributed by atoms with Crippen LogP contribution in [0.3, 0.4) is 0 Å². The third-order valence-corrected chi connectivity index (χ3v) is 4.15. The predicted molar refractivity (Wildman–Crippen MR) is 101 cm³/mol. The van der Waals surface area contributed by atoms with Crippen LogP contribution in [0.1, 0.15) is 22.8 Å². The maximum atomic E-state index is 12.7. The number of fused-ring (bicyclic) bond motifs is 1. The van der Waals surface area contributed by atoms with E-state index in [1.165, 1.54) is 13.0 Å². The van der Waals surface area contributed by atoms with Gasteiger partial charge in [-0.15, -0.1) is 0 Å². The molecule has 3 aromatic rings. The average molecular weight is 402 g/mol. The van der Waals surface area contributed by atoms with Gasteiger partial charge in [-0.05, 0) is 48.0 Å². The quantitative estimate of drug-likeness (QED) is 0.646. The van der Waals surface area contributed by atoms with Crippen LogP contribution in [0, 0.1) is 0 Å². The van der Waals surface area contributed by atoms with E-state index < -0.39 is 29.7 Å². The molecule has 3 aromatic carbocycles. The molecule has 0 aromatic heterocycles. The van der Waals surface area contributed by atoms with E-state index in [1.54, 1.807) is 12.1 Å². The van der Waals surface area contributed by atoms with Gasteiger partial charge in [-0.1, -0.05) is 36.4 Å². The fourth-order valence-corrected chi connectivity index (χ4v) is 2.63. The molecule has 8 heteroatoms. The summed E-state index contributed by atoms with van der Waals surface area (Å²) in [5.74, 6) is -1.06. The highest BCUT2D eigenvalue weighted by atomic mass is 19.4. The average Bonchev–Trinajstić information content (AvgIpc) is 2.71. The number of nitrogens with one attached hydrogen (secondary N) is 2. The van der Waals surface area contributed by atoms with Crippen LogP contribution in [0.5, 0.6) is 5.75 Å². The highest BCUT2D eigenvalue weighted by Crippen LogP contribution is 2.29. The summed E-state index contributed by atoms with van der Waals surface area (Å²) >= 11 is 0. The summed E-state index contributed by atoms with van der Waals surface area (Å²) in [6, 6.07) is 16.9. The third-order valence-electron chi connectivity index (χ3n) is 4.15. The van der Waals surface area contributed by atoms with Crippen molar-refractivity contribution in [3.8, 4) is 5.75 Å². The zero-order valence-corrected chi connectivity index (χ0v) is 15.3. The molecular formula is C21H17F3N2O3. The van der Waals surface area contributed by atoms with E-state index in [0.717, 1.165) is 22.9 Å². The molecule has 0 saturated carbocycles. The van der Waals surface area contributed by atoms with Gasteiger partial charge in [0.1, 0.15) is 5.75 Å². The van der Waals surface area contributed by atoms with Crippen molar-refractivity contribution in [2.24, 2.45) is 0 Å². The molecule has 2 N–H and O–H groups in total. The summed E-state index contributed by atoms with van der Waals surface area (Å²) in [6.45, 7) is 1.49. The number of alkyl halides is 3. The Balaban J connectivity index is 1.58. The molecule has 0 radical (unpaired) electrons. The van der Waals surface area contributed by atoms with Crippen LogP contribution >= 0.6 is 0 Å². The van der Waals surface area contributed by atoms with E-state index in [2.05, 4.69) is 10.9 Å². The summed E-state index contributed by atoms with van der Waals surface area (Å²) in [6.07, 6.45) is -5.51. The Morgan fingerprint density at radius 3 is 2.34 bits per heavy atom. The van der Waals surface area contributed by atoms with Crippen LogP contribution in [0.15, 0.2) is 66.7 Å². The second-order valence-electron chi connectivity index (χ2n) is 6.29. The van der Waals surface area contributed by atoms with Gasteiger partial charge in [0.2, 0.25) is 0 Å². The van der Waals surface area contributed by atoms with Crippen molar-refractivity contribution in [1.29, 1.82) is 0 Å². The Labute approximate surface area is 164 Å². The molecule has 2 amide bonds. The van der Waals surface area contributed by atoms with Crippen molar-refractivity contribution < 1.29 is 27.5 Å². The van der Waals surface area contributed by atoms with E-state index in [9.17, 15) is 22.8 Å². The van der Waals surface area contributed by atoms with E-state index in [1.807, 2.05) is 30.3 Å². The summed E-state index contributed by atoms with van der Waals surface area (Å²) < 4.78 is 43.8. The summed E-state index contributed by atoms with van der Waals surface area (Å²) in [4.78, 5) is 24.2. The van der Waals surface area contributed by atoms with Crippen molar-refractivity contribution in [3.63, 3.8) is 0 Å². The Morgan fingerprint density at radius 1 is 0.897 bits per heavy atom. The van der Waals surface area contributed by atoms with Gasteiger partial charge >= 0.3 is 6.18 Å². The minimum Gasteiger partial charge on any atom is -0.481 e. The van der Waals surface area contributed by atoms with Gasteiger partial charge in [0, 0.05) is 5.56 Å². The second kappa shape index (κ2) is 8.22. The van der Waals surface area contributed by atoms with Crippen LogP contribution in [-0.2, 0) is 11.0 Å². The number of hydrazine groups is 1. The maximum absolute atomic E-state index is 12.7. The Kier molecular flexibility index (Phi) is 5.72. The highest BCUT2D eigenvalue weighted by molar-refractivity contribution is 5.96. The lowest BCUT2D eigenvalue weighted by Gasteiger charge is -2.16. The number of carbonyl (C=O) groups is 2. The Hall–Kier alpha value is -3.55. The first-order chi connectivity index (χ1) is 13.7. The van der Waals surface area contributed by atoms with Crippen molar-refractivity contribution in [2.75, 3.05) is 0 Å². The van der Waals surface area contributed by atoms with Gasteiger partial charge in [0.15, 0.2) is 6.10 Å². The topological polar surface area (TPSA) is 67.4 Å². The van der Waals surface area contributed by atoms with Gasteiger partial charge < -0.3 is 4.74 Å². The first-order valence-corrected chi connectivity index (χ1v) is 8.67. The highest BCUT2D eigenvalue weighted by Gasteiger charge is 2.31. The number of benzene rings is 3. The second-order valence-corrected chi connectivity index (χ2v) is 6.29. The maximum Gasteiger partial charge on any atom is 0.416 e. The molecule has 5 nitrogen and oxygen atoms in total. The van der Waals surface area contributed by atoms with Crippen LogP contribution in [0.4, 0.5) is 13.2 Å². The number of hydrogen-bond donors (Lipinski definition) is 2. The fourth-order valence-electron chi connectivity index (χ4n) is 2.63. The first kappa shape index (κ1) is 20.2. The molecule has 0 spiro atoms. The number of halogens is 3. The largest absolute Gasteiger partial charge is 0.481 e. The number of ether oxygens (including phenoxy) is 1. The lowest BCUT2D eigenvalue weighted by molar-refractivity contribution is -0.137. The molecule has 0 aliphatic rings. The first-order valence-electron chi connectivity index (χ1n) is 8.67. The van der Waals surface area contributed by atoms with Gasteiger partial charge in [-0.2, -0.15) is 13.2 Å². The summed E-state index contributed by atoms with van der Waals surface area (Å²) in [5, 5.41) is 1.96. The van der Waals surface area contributed by atoms with Crippen LogP contribution in [-0.4, -0.2) is 17.9 Å². The lowest BCUT2D eigenvalue weighted by Crippen LogP contribution is -2.47. The molecule has 0 bridgehead atoms. The molecule has 0 heterocycles. The Bertz CT molecular complexity index is 1050. The number of carbonyl (C=O) groups excluding carboxylic acids is 2. The molecule has 1 atom stereocenters. The number of amides is 2. The van der Waals surface area contributed by atoms with E-state index in [4.69, 9.17) is 4.74 Å². The molecule has 0 unspecified atom stereocenters. The minimum absolute atomic E-state index is 0.233.